The molecule has 2 aromatic rings. The molecular formula is C17H19NO5S. The second kappa shape index (κ2) is 6.41. The summed E-state index contributed by atoms with van der Waals surface area (Å²) in [5.41, 5.74) is -1.01. The zero-order valence-electron chi connectivity index (χ0n) is 13.6. The van der Waals surface area contributed by atoms with Gasteiger partial charge in [-0.3, -0.25) is 9.59 Å². The lowest BCUT2D eigenvalue weighted by atomic mass is 9.88. The molecule has 0 spiro atoms. The summed E-state index contributed by atoms with van der Waals surface area (Å²) in [5, 5.41) is 9.49. The predicted molar refractivity (Wildman–Crippen MR) is 89.2 cm³/mol. The molecule has 0 radical (unpaired) electrons. The largest absolute Gasteiger partial charge is 0.481 e. The summed E-state index contributed by atoms with van der Waals surface area (Å²) in [5.74, 6) is 0.486. The standard InChI is InChI=1S/C17H19NO5S/c1-11-3-4-12(23-11)13-5-6-14(24-13)15(19)18-8-7-17(9-18,10-22-2)16(20)21/h3-6H,7-10H2,1-2H3,(H,20,21). The molecule has 3 rings (SSSR count). The van der Waals surface area contributed by atoms with E-state index in [0.717, 1.165) is 16.4 Å². The third-order valence-corrected chi connectivity index (χ3v) is 5.40. The summed E-state index contributed by atoms with van der Waals surface area (Å²) >= 11 is 1.35. The van der Waals surface area contributed by atoms with E-state index in [-0.39, 0.29) is 19.1 Å². The van der Waals surface area contributed by atoms with Crippen LogP contribution in [0.4, 0.5) is 0 Å². The van der Waals surface area contributed by atoms with E-state index in [1.54, 1.807) is 11.0 Å². The molecule has 0 bridgehead atoms. The molecule has 0 aliphatic carbocycles. The third kappa shape index (κ3) is 2.97. The minimum Gasteiger partial charge on any atom is -0.481 e. The number of methoxy groups -OCH3 is 1. The van der Waals surface area contributed by atoms with Crippen molar-refractivity contribution < 1.29 is 23.8 Å². The van der Waals surface area contributed by atoms with Gasteiger partial charge in [-0.15, -0.1) is 11.3 Å². The predicted octanol–water partition coefficient (Wildman–Crippen LogP) is 2.88. The highest BCUT2D eigenvalue weighted by Gasteiger charge is 2.46. The van der Waals surface area contributed by atoms with Crippen LogP contribution in [0, 0.1) is 12.3 Å². The van der Waals surface area contributed by atoms with E-state index in [0.29, 0.717) is 17.8 Å². The number of furan rings is 1. The highest BCUT2D eigenvalue weighted by molar-refractivity contribution is 7.17. The fourth-order valence-corrected chi connectivity index (χ4v) is 3.92. The summed E-state index contributed by atoms with van der Waals surface area (Å²) in [6.45, 7) is 2.56. The molecule has 0 aromatic carbocycles. The van der Waals surface area contributed by atoms with Crippen LogP contribution in [0.15, 0.2) is 28.7 Å². The van der Waals surface area contributed by atoms with E-state index in [1.807, 2.05) is 25.1 Å². The van der Waals surface area contributed by atoms with E-state index in [2.05, 4.69) is 0 Å². The van der Waals surface area contributed by atoms with Gasteiger partial charge in [0.1, 0.15) is 16.9 Å². The van der Waals surface area contributed by atoms with Gasteiger partial charge < -0.3 is 19.2 Å². The molecule has 2 aromatic heterocycles. The summed E-state index contributed by atoms with van der Waals surface area (Å²) in [4.78, 5) is 27.3. The van der Waals surface area contributed by atoms with Gasteiger partial charge in [0.05, 0.1) is 16.4 Å². The Bertz CT molecular complexity index is 765. The Hall–Kier alpha value is -2.12. The Morgan fingerprint density at radius 2 is 2.17 bits per heavy atom. The summed E-state index contributed by atoms with van der Waals surface area (Å²) in [7, 11) is 1.48. The molecule has 128 valence electrons. The van der Waals surface area contributed by atoms with Crippen molar-refractivity contribution in [2.24, 2.45) is 5.41 Å². The monoisotopic (exact) mass is 349 g/mol. The number of likely N-dealkylation sites (tertiary alicyclic amines) is 1. The van der Waals surface area contributed by atoms with Crippen LogP contribution in [-0.2, 0) is 9.53 Å². The molecule has 6 nitrogen and oxygen atoms in total. The smallest absolute Gasteiger partial charge is 0.313 e. The highest BCUT2D eigenvalue weighted by Crippen LogP contribution is 2.34. The molecule has 1 unspecified atom stereocenters. The number of carbonyl (C=O) groups excluding carboxylic acids is 1. The van der Waals surface area contributed by atoms with E-state index in [4.69, 9.17) is 9.15 Å². The van der Waals surface area contributed by atoms with Gasteiger partial charge >= 0.3 is 5.97 Å². The van der Waals surface area contributed by atoms with Crippen molar-refractivity contribution in [3.63, 3.8) is 0 Å². The van der Waals surface area contributed by atoms with Gasteiger partial charge in [0.15, 0.2) is 0 Å². The lowest BCUT2D eigenvalue weighted by molar-refractivity contribution is -0.151. The number of rotatable bonds is 5. The van der Waals surface area contributed by atoms with Crippen molar-refractivity contribution in [1.82, 2.24) is 4.90 Å². The number of carboxylic acids is 1. The normalized spacial score (nSPS) is 20.5. The number of hydrogen-bond donors (Lipinski definition) is 1. The van der Waals surface area contributed by atoms with Gasteiger partial charge in [-0.25, -0.2) is 0 Å². The lowest BCUT2D eigenvalue weighted by Crippen LogP contribution is -2.40. The van der Waals surface area contributed by atoms with Gasteiger partial charge in [-0.05, 0) is 37.6 Å². The second-order valence-electron chi connectivity index (χ2n) is 6.07. The zero-order chi connectivity index (χ0) is 17.3. The van der Waals surface area contributed by atoms with Crippen molar-refractivity contribution in [3.8, 4) is 10.6 Å². The van der Waals surface area contributed by atoms with Crippen LogP contribution in [0.25, 0.3) is 10.6 Å². The van der Waals surface area contributed by atoms with E-state index in [9.17, 15) is 14.7 Å². The quantitative estimate of drug-likeness (QED) is 0.898. The van der Waals surface area contributed by atoms with Crippen molar-refractivity contribution in [2.45, 2.75) is 13.3 Å². The minimum absolute atomic E-state index is 0.105. The Morgan fingerprint density at radius 1 is 1.38 bits per heavy atom. The first-order chi connectivity index (χ1) is 11.4. The number of aliphatic carboxylic acids is 1. The van der Waals surface area contributed by atoms with Crippen molar-refractivity contribution in [3.05, 3.63) is 34.9 Å². The Labute approximate surface area is 143 Å². The van der Waals surface area contributed by atoms with Crippen molar-refractivity contribution in [2.75, 3.05) is 26.8 Å². The fourth-order valence-electron chi connectivity index (χ4n) is 2.98. The maximum Gasteiger partial charge on any atom is 0.313 e. The fraction of sp³-hybridized carbons (Fsp3) is 0.412. The first-order valence-corrected chi connectivity index (χ1v) is 8.45. The van der Waals surface area contributed by atoms with Crippen LogP contribution < -0.4 is 0 Å². The Morgan fingerprint density at radius 3 is 2.79 bits per heavy atom. The zero-order valence-corrected chi connectivity index (χ0v) is 14.4. The Kier molecular flexibility index (Phi) is 4.47. The van der Waals surface area contributed by atoms with Crippen LogP contribution >= 0.6 is 11.3 Å². The third-order valence-electron chi connectivity index (χ3n) is 4.32. The van der Waals surface area contributed by atoms with Crippen molar-refractivity contribution >= 4 is 23.2 Å². The lowest BCUT2D eigenvalue weighted by Gasteiger charge is -2.23. The maximum atomic E-state index is 12.7. The van der Waals surface area contributed by atoms with Crippen LogP contribution in [-0.4, -0.2) is 48.7 Å². The number of hydrogen-bond acceptors (Lipinski definition) is 5. The molecule has 1 atom stereocenters. The molecule has 24 heavy (non-hydrogen) atoms. The maximum absolute atomic E-state index is 12.7. The summed E-state index contributed by atoms with van der Waals surface area (Å²) in [6, 6.07) is 7.37. The molecule has 1 fully saturated rings. The Balaban J connectivity index is 1.76. The van der Waals surface area contributed by atoms with Gasteiger partial charge in [-0.2, -0.15) is 0 Å². The molecular weight excluding hydrogens is 330 g/mol. The molecule has 3 heterocycles. The number of aryl methyl sites for hydroxylation is 1. The van der Waals surface area contributed by atoms with E-state index >= 15 is 0 Å². The van der Waals surface area contributed by atoms with Crippen molar-refractivity contribution in [1.29, 1.82) is 0 Å². The van der Waals surface area contributed by atoms with Crippen LogP contribution in [0.1, 0.15) is 21.9 Å². The van der Waals surface area contributed by atoms with Crippen LogP contribution in [0.2, 0.25) is 0 Å². The highest BCUT2D eigenvalue weighted by atomic mass is 32.1. The average molecular weight is 349 g/mol. The van der Waals surface area contributed by atoms with Crippen LogP contribution in [0.3, 0.4) is 0 Å². The number of carbonyl (C=O) groups is 2. The number of carboxylic acid groups (broad SMARTS) is 1. The molecule has 1 amide bonds. The van der Waals surface area contributed by atoms with Gasteiger partial charge in [-0.1, -0.05) is 0 Å². The van der Waals surface area contributed by atoms with Crippen LogP contribution in [0.5, 0.6) is 0 Å². The molecule has 1 aliphatic rings. The second-order valence-corrected chi connectivity index (χ2v) is 7.15. The number of amides is 1. The topological polar surface area (TPSA) is 80.0 Å². The molecule has 0 saturated carbocycles. The number of nitrogens with zero attached hydrogens (tertiary/aromatic N) is 1. The average Bonchev–Trinajstić information content (AvgIpc) is 3.25. The molecule has 1 N–H and O–H groups in total. The van der Waals surface area contributed by atoms with E-state index < -0.39 is 11.4 Å². The first kappa shape index (κ1) is 16.7. The van der Waals surface area contributed by atoms with Gasteiger partial charge in [0.25, 0.3) is 5.91 Å². The molecule has 1 saturated heterocycles. The molecule has 7 heteroatoms. The SMILES string of the molecule is COCC1(C(=O)O)CCN(C(=O)c2ccc(-c3ccc(C)o3)s2)C1. The number of ether oxygens (including phenoxy) is 1. The molecule has 1 aliphatic heterocycles. The number of thiophene rings is 1. The summed E-state index contributed by atoms with van der Waals surface area (Å²) < 4.78 is 10.6. The van der Waals surface area contributed by atoms with E-state index in [1.165, 1.54) is 18.4 Å². The minimum atomic E-state index is -1.01. The first-order valence-electron chi connectivity index (χ1n) is 7.63. The summed E-state index contributed by atoms with van der Waals surface area (Å²) in [6.07, 6.45) is 0.400. The van der Waals surface area contributed by atoms with Gasteiger partial charge in [0, 0.05) is 20.2 Å². The van der Waals surface area contributed by atoms with Gasteiger partial charge in [0.2, 0.25) is 0 Å².